The molecule has 5 aliphatic rings. The number of likely N-dealkylation sites (tertiary alicyclic amines) is 1. The molecule has 2 heterocycles. The van der Waals surface area contributed by atoms with Crippen molar-refractivity contribution in [2.24, 2.45) is 22.2 Å². The first-order valence-electron chi connectivity index (χ1n) is 12.2. The van der Waals surface area contributed by atoms with Crippen molar-refractivity contribution in [3.8, 4) is 0 Å². The Labute approximate surface area is 198 Å². The molecule has 3 aliphatic carbocycles. The number of aliphatic imine (C=N–C) groups is 1. The number of rotatable bonds is 4. The van der Waals surface area contributed by atoms with Gasteiger partial charge in [-0.3, -0.25) is 9.79 Å². The number of hydrogen-bond donors (Lipinski definition) is 2. The van der Waals surface area contributed by atoms with Crippen LogP contribution in [0.1, 0.15) is 71.1 Å². The minimum atomic E-state index is 0. The zero-order valence-electron chi connectivity index (χ0n) is 18.4. The van der Waals surface area contributed by atoms with Gasteiger partial charge in [0.05, 0.1) is 6.10 Å². The minimum absolute atomic E-state index is 0. The highest BCUT2D eigenvalue weighted by molar-refractivity contribution is 14.0. The standard InChI is InChI=1S/C23H38N4O2.HI/c1-2-24-22(26-19-18-10-14-29-20(18)23(19)11-6-12-23)25-17-9-13-27(15-17)21(28)16-7-4-3-5-8-16;/h16-20H,2-15H2,1H3,(H2,24,25,26);1H. The van der Waals surface area contributed by atoms with E-state index in [1.807, 2.05) is 0 Å². The topological polar surface area (TPSA) is 66.0 Å². The van der Waals surface area contributed by atoms with E-state index in [1.54, 1.807) is 0 Å². The quantitative estimate of drug-likeness (QED) is 0.333. The van der Waals surface area contributed by atoms with Crippen LogP contribution in [0.2, 0.25) is 0 Å². The van der Waals surface area contributed by atoms with Gasteiger partial charge in [-0.15, -0.1) is 24.0 Å². The van der Waals surface area contributed by atoms with E-state index in [4.69, 9.17) is 9.73 Å². The zero-order valence-corrected chi connectivity index (χ0v) is 20.7. The van der Waals surface area contributed by atoms with Gasteiger partial charge in [0.25, 0.3) is 0 Å². The van der Waals surface area contributed by atoms with Gasteiger partial charge in [0.1, 0.15) is 0 Å². The number of carbonyl (C=O) groups is 1. The molecular formula is C23H39IN4O2. The fourth-order valence-electron chi connectivity index (χ4n) is 6.77. The molecule has 2 saturated heterocycles. The van der Waals surface area contributed by atoms with Gasteiger partial charge in [-0.1, -0.05) is 25.7 Å². The van der Waals surface area contributed by atoms with Crippen LogP contribution in [-0.4, -0.2) is 61.2 Å². The molecule has 4 unspecified atom stereocenters. The van der Waals surface area contributed by atoms with E-state index in [-0.39, 0.29) is 29.9 Å². The van der Waals surface area contributed by atoms with Gasteiger partial charge in [0.15, 0.2) is 5.96 Å². The van der Waals surface area contributed by atoms with E-state index in [2.05, 4.69) is 22.5 Å². The summed E-state index contributed by atoms with van der Waals surface area (Å²) in [5, 5.41) is 7.48. The Morgan fingerprint density at radius 2 is 1.90 bits per heavy atom. The van der Waals surface area contributed by atoms with E-state index in [9.17, 15) is 4.79 Å². The number of nitrogens with zero attached hydrogens (tertiary/aromatic N) is 2. The SMILES string of the molecule is CCN=C(NC1CCN(C(=O)C2CCCCC2)C1)NC1C2CCOC2C12CCC2.I. The van der Waals surface area contributed by atoms with Gasteiger partial charge < -0.3 is 20.3 Å². The van der Waals surface area contributed by atoms with E-state index >= 15 is 0 Å². The van der Waals surface area contributed by atoms with Crippen LogP contribution >= 0.6 is 24.0 Å². The lowest BCUT2D eigenvalue weighted by molar-refractivity contribution is -0.171. The third-order valence-corrected chi connectivity index (χ3v) is 8.44. The first-order chi connectivity index (χ1) is 14.2. The second-order valence-corrected chi connectivity index (χ2v) is 10.0. The number of amides is 1. The number of guanidine groups is 1. The maximum Gasteiger partial charge on any atom is 0.225 e. The second-order valence-electron chi connectivity index (χ2n) is 10.0. The van der Waals surface area contributed by atoms with Crippen LogP contribution in [0, 0.1) is 17.3 Å². The molecule has 0 bridgehead atoms. The molecule has 0 aromatic rings. The molecular weight excluding hydrogens is 491 g/mol. The van der Waals surface area contributed by atoms with E-state index in [0.29, 0.717) is 35.4 Å². The summed E-state index contributed by atoms with van der Waals surface area (Å²) in [5.41, 5.74) is 0.357. The lowest BCUT2D eigenvalue weighted by atomic mass is 9.46. The monoisotopic (exact) mass is 530 g/mol. The zero-order chi connectivity index (χ0) is 19.8. The maximum absolute atomic E-state index is 12.9. The maximum atomic E-state index is 12.9. The highest BCUT2D eigenvalue weighted by atomic mass is 127. The van der Waals surface area contributed by atoms with Crippen LogP contribution in [0.5, 0.6) is 0 Å². The number of carbonyl (C=O) groups excluding carboxylic acids is 1. The molecule has 0 radical (unpaired) electrons. The van der Waals surface area contributed by atoms with Crippen LogP contribution in [-0.2, 0) is 9.53 Å². The predicted molar refractivity (Wildman–Crippen MR) is 129 cm³/mol. The Kier molecular flexibility index (Phi) is 7.17. The van der Waals surface area contributed by atoms with Crippen molar-refractivity contribution in [1.29, 1.82) is 0 Å². The van der Waals surface area contributed by atoms with Gasteiger partial charge in [-0.25, -0.2) is 0 Å². The Hall–Kier alpha value is -0.570. The average Bonchev–Trinajstić information content (AvgIpc) is 3.33. The molecule has 7 heteroatoms. The molecule has 4 atom stereocenters. The highest BCUT2D eigenvalue weighted by Crippen LogP contribution is 2.62. The lowest BCUT2D eigenvalue weighted by Gasteiger charge is -2.63. The van der Waals surface area contributed by atoms with Crippen molar-refractivity contribution in [1.82, 2.24) is 15.5 Å². The summed E-state index contributed by atoms with van der Waals surface area (Å²) in [5.74, 6) is 2.27. The summed E-state index contributed by atoms with van der Waals surface area (Å²) in [4.78, 5) is 19.7. The molecule has 0 aromatic heterocycles. The predicted octanol–water partition coefficient (Wildman–Crippen LogP) is 3.30. The molecule has 5 rings (SSSR count). The number of fused-ring (bicyclic) bond motifs is 2. The summed E-state index contributed by atoms with van der Waals surface area (Å²) < 4.78 is 6.07. The highest BCUT2D eigenvalue weighted by Gasteiger charge is 2.66. The fraction of sp³-hybridized carbons (Fsp3) is 0.913. The molecule has 1 spiro atoms. The van der Waals surface area contributed by atoms with Gasteiger partial charge in [-0.05, 0) is 45.4 Å². The summed E-state index contributed by atoms with van der Waals surface area (Å²) >= 11 is 0. The molecule has 1 amide bonds. The number of halogens is 1. The Morgan fingerprint density at radius 1 is 1.10 bits per heavy atom. The molecule has 0 aromatic carbocycles. The Balaban J connectivity index is 0.00000218. The van der Waals surface area contributed by atoms with Crippen LogP contribution < -0.4 is 10.6 Å². The van der Waals surface area contributed by atoms with Crippen molar-refractivity contribution < 1.29 is 9.53 Å². The number of ether oxygens (including phenoxy) is 1. The van der Waals surface area contributed by atoms with Crippen LogP contribution in [0.3, 0.4) is 0 Å². The van der Waals surface area contributed by atoms with Crippen molar-refractivity contribution in [3.63, 3.8) is 0 Å². The number of hydrogen-bond acceptors (Lipinski definition) is 3. The molecule has 170 valence electrons. The normalized spacial score (nSPS) is 35.2. The Morgan fingerprint density at radius 3 is 2.60 bits per heavy atom. The van der Waals surface area contributed by atoms with Gasteiger partial charge >= 0.3 is 0 Å². The molecule has 6 nitrogen and oxygen atoms in total. The van der Waals surface area contributed by atoms with Gasteiger partial charge in [0, 0.05) is 55.6 Å². The molecule has 2 aliphatic heterocycles. The minimum Gasteiger partial charge on any atom is -0.377 e. The van der Waals surface area contributed by atoms with Crippen molar-refractivity contribution in [3.05, 3.63) is 0 Å². The smallest absolute Gasteiger partial charge is 0.225 e. The largest absolute Gasteiger partial charge is 0.377 e. The first kappa shape index (κ1) is 22.6. The molecule has 2 N–H and O–H groups in total. The Bertz CT molecular complexity index is 647. The summed E-state index contributed by atoms with van der Waals surface area (Å²) in [6.07, 6.45) is 12.5. The fourth-order valence-corrected chi connectivity index (χ4v) is 6.77. The van der Waals surface area contributed by atoms with Crippen LogP contribution in [0.4, 0.5) is 0 Å². The summed E-state index contributed by atoms with van der Waals surface area (Å²) in [6.45, 7) is 5.50. The van der Waals surface area contributed by atoms with Gasteiger partial charge in [-0.2, -0.15) is 0 Å². The van der Waals surface area contributed by atoms with Crippen molar-refractivity contribution in [2.45, 2.75) is 89.3 Å². The van der Waals surface area contributed by atoms with Crippen molar-refractivity contribution >= 4 is 35.8 Å². The summed E-state index contributed by atoms with van der Waals surface area (Å²) in [6, 6.07) is 0.816. The van der Waals surface area contributed by atoms with E-state index in [0.717, 1.165) is 51.5 Å². The average molecular weight is 530 g/mol. The van der Waals surface area contributed by atoms with Gasteiger partial charge in [0.2, 0.25) is 5.91 Å². The summed E-state index contributed by atoms with van der Waals surface area (Å²) in [7, 11) is 0. The lowest BCUT2D eigenvalue weighted by Crippen LogP contribution is -2.72. The van der Waals surface area contributed by atoms with Crippen LogP contribution in [0.25, 0.3) is 0 Å². The molecule has 30 heavy (non-hydrogen) atoms. The van der Waals surface area contributed by atoms with Crippen LogP contribution in [0.15, 0.2) is 4.99 Å². The molecule has 5 fully saturated rings. The third kappa shape index (κ3) is 3.97. The van der Waals surface area contributed by atoms with Crippen molar-refractivity contribution in [2.75, 3.05) is 26.2 Å². The molecule has 3 saturated carbocycles. The third-order valence-electron chi connectivity index (χ3n) is 8.44. The van der Waals surface area contributed by atoms with E-state index < -0.39 is 0 Å². The van der Waals surface area contributed by atoms with E-state index in [1.165, 1.54) is 44.9 Å². The second kappa shape index (κ2) is 9.51. The number of nitrogens with one attached hydrogen (secondary N) is 2. The first-order valence-corrected chi connectivity index (χ1v) is 12.2.